The van der Waals surface area contributed by atoms with Crippen LogP contribution in [-0.2, 0) is 9.53 Å². The molecule has 0 aliphatic heterocycles. The summed E-state index contributed by atoms with van der Waals surface area (Å²) in [7, 11) is 1.27. The summed E-state index contributed by atoms with van der Waals surface area (Å²) in [6, 6.07) is 5.31. The first-order valence-corrected chi connectivity index (χ1v) is 5.22. The lowest BCUT2D eigenvalue weighted by Crippen LogP contribution is -2.34. The van der Waals surface area contributed by atoms with Crippen molar-refractivity contribution in [2.75, 3.05) is 19.0 Å². The lowest BCUT2D eigenvalue weighted by atomic mass is 10.1. The maximum absolute atomic E-state index is 11.5. The van der Waals surface area contributed by atoms with Crippen LogP contribution in [0.5, 0.6) is 0 Å². The molecule has 0 saturated heterocycles. The van der Waals surface area contributed by atoms with E-state index in [4.69, 9.17) is 0 Å². The van der Waals surface area contributed by atoms with Crippen LogP contribution in [0.4, 0.5) is 10.5 Å². The molecule has 0 spiro atoms. The Hall–Kier alpha value is -2.04. The van der Waals surface area contributed by atoms with Gasteiger partial charge in [-0.3, -0.25) is 4.79 Å². The van der Waals surface area contributed by atoms with Crippen molar-refractivity contribution in [2.24, 2.45) is 0 Å². The van der Waals surface area contributed by atoms with Crippen LogP contribution in [-0.4, -0.2) is 25.7 Å². The Kier molecular flexibility index (Phi) is 4.51. The average molecular weight is 236 g/mol. The third-order valence-corrected chi connectivity index (χ3v) is 2.34. The molecular weight excluding hydrogens is 220 g/mol. The number of hydrogen-bond donors (Lipinski definition) is 2. The highest BCUT2D eigenvalue weighted by molar-refractivity contribution is 5.92. The van der Waals surface area contributed by atoms with Gasteiger partial charge in [-0.25, -0.2) is 4.79 Å². The number of methoxy groups -OCH3 is 1. The highest BCUT2D eigenvalue weighted by Gasteiger charge is 2.08. The van der Waals surface area contributed by atoms with Crippen molar-refractivity contribution in [3.63, 3.8) is 0 Å². The minimum atomic E-state index is -0.485. The number of amides is 2. The Morgan fingerprint density at radius 1 is 1.24 bits per heavy atom. The number of carbonyl (C=O) groups excluding carboxylic acids is 2. The normalized spacial score (nSPS) is 9.59. The van der Waals surface area contributed by atoms with Crippen LogP contribution in [0.1, 0.15) is 11.1 Å². The minimum Gasteiger partial charge on any atom is -0.468 e. The molecule has 0 atom stereocenters. The van der Waals surface area contributed by atoms with Crippen molar-refractivity contribution < 1.29 is 14.3 Å². The highest BCUT2D eigenvalue weighted by atomic mass is 16.5. The highest BCUT2D eigenvalue weighted by Crippen LogP contribution is 2.18. The van der Waals surface area contributed by atoms with Gasteiger partial charge >= 0.3 is 12.0 Å². The molecule has 5 nitrogen and oxygen atoms in total. The van der Waals surface area contributed by atoms with Gasteiger partial charge in [-0.15, -0.1) is 0 Å². The third-order valence-electron chi connectivity index (χ3n) is 2.34. The summed E-state index contributed by atoms with van der Waals surface area (Å²) in [6.45, 7) is 3.67. The van der Waals surface area contributed by atoms with E-state index in [9.17, 15) is 9.59 Å². The fourth-order valence-corrected chi connectivity index (χ4v) is 1.39. The zero-order valence-corrected chi connectivity index (χ0v) is 10.2. The van der Waals surface area contributed by atoms with E-state index in [2.05, 4.69) is 15.4 Å². The number of urea groups is 1. The fourth-order valence-electron chi connectivity index (χ4n) is 1.39. The van der Waals surface area contributed by atoms with E-state index >= 15 is 0 Å². The van der Waals surface area contributed by atoms with E-state index in [-0.39, 0.29) is 6.54 Å². The minimum absolute atomic E-state index is 0.146. The van der Waals surface area contributed by atoms with Crippen molar-refractivity contribution in [1.82, 2.24) is 5.32 Å². The van der Waals surface area contributed by atoms with Gasteiger partial charge in [-0.1, -0.05) is 18.2 Å². The van der Waals surface area contributed by atoms with Crippen LogP contribution >= 0.6 is 0 Å². The van der Waals surface area contributed by atoms with Crippen LogP contribution in [0.25, 0.3) is 0 Å². The first kappa shape index (κ1) is 13.0. The number of hydrogen-bond acceptors (Lipinski definition) is 3. The molecule has 0 bridgehead atoms. The van der Waals surface area contributed by atoms with Crippen LogP contribution in [0.2, 0.25) is 0 Å². The van der Waals surface area contributed by atoms with Gasteiger partial charge < -0.3 is 15.4 Å². The van der Waals surface area contributed by atoms with Crippen molar-refractivity contribution in [1.29, 1.82) is 0 Å². The summed E-state index contributed by atoms with van der Waals surface area (Å²) in [5.74, 6) is -0.485. The molecule has 2 amide bonds. The molecule has 0 fully saturated rings. The summed E-state index contributed by atoms with van der Waals surface area (Å²) >= 11 is 0. The summed E-state index contributed by atoms with van der Waals surface area (Å²) < 4.78 is 4.42. The summed E-state index contributed by atoms with van der Waals surface area (Å²) in [5, 5.41) is 5.11. The second-order valence-electron chi connectivity index (χ2n) is 3.65. The SMILES string of the molecule is COC(=O)CNC(=O)Nc1c(C)cccc1C. The maximum Gasteiger partial charge on any atom is 0.325 e. The number of ether oxygens (including phenoxy) is 1. The van der Waals surface area contributed by atoms with Gasteiger partial charge in [0.2, 0.25) is 0 Å². The number of anilines is 1. The van der Waals surface area contributed by atoms with Crippen LogP contribution in [0.3, 0.4) is 0 Å². The van der Waals surface area contributed by atoms with Gasteiger partial charge in [-0.2, -0.15) is 0 Å². The largest absolute Gasteiger partial charge is 0.468 e. The second-order valence-corrected chi connectivity index (χ2v) is 3.65. The maximum atomic E-state index is 11.5. The van der Waals surface area contributed by atoms with Crippen molar-refractivity contribution in [2.45, 2.75) is 13.8 Å². The zero-order chi connectivity index (χ0) is 12.8. The molecule has 1 rings (SSSR count). The van der Waals surface area contributed by atoms with Crippen LogP contribution in [0, 0.1) is 13.8 Å². The van der Waals surface area contributed by atoms with Gasteiger partial charge in [0, 0.05) is 5.69 Å². The Balaban J connectivity index is 2.59. The molecule has 2 N–H and O–H groups in total. The van der Waals surface area contributed by atoms with Crippen molar-refractivity contribution >= 4 is 17.7 Å². The topological polar surface area (TPSA) is 67.4 Å². The standard InChI is InChI=1S/C12H16N2O3/c1-8-5-4-6-9(2)11(8)14-12(16)13-7-10(15)17-3/h4-6H,7H2,1-3H3,(H2,13,14,16). The Morgan fingerprint density at radius 3 is 2.35 bits per heavy atom. The van der Waals surface area contributed by atoms with Crippen LogP contribution < -0.4 is 10.6 Å². The lowest BCUT2D eigenvalue weighted by molar-refractivity contribution is -0.139. The molecule has 0 aliphatic rings. The molecular formula is C12H16N2O3. The molecule has 1 aromatic rings. The third kappa shape index (κ3) is 3.79. The number of para-hydroxylation sites is 1. The Bertz CT molecular complexity index is 410. The van der Waals surface area contributed by atoms with E-state index < -0.39 is 12.0 Å². The smallest absolute Gasteiger partial charge is 0.325 e. The van der Waals surface area contributed by atoms with Gasteiger partial charge in [0.25, 0.3) is 0 Å². The first-order valence-electron chi connectivity index (χ1n) is 5.22. The lowest BCUT2D eigenvalue weighted by Gasteiger charge is -2.11. The first-order chi connectivity index (χ1) is 8.04. The molecule has 0 aliphatic carbocycles. The molecule has 5 heteroatoms. The number of rotatable bonds is 3. The number of nitrogens with one attached hydrogen (secondary N) is 2. The molecule has 0 radical (unpaired) electrons. The van der Waals surface area contributed by atoms with Crippen LogP contribution in [0.15, 0.2) is 18.2 Å². The monoisotopic (exact) mass is 236 g/mol. The fraction of sp³-hybridized carbons (Fsp3) is 0.333. The Morgan fingerprint density at radius 2 is 1.82 bits per heavy atom. The van der Waals surface area contributed by atoms with Gasteiger partial charge in [0.05, 0.1) is 7.11 Å². The van der Waals surface area contributed by atoms with Gasteiger partial charge in [0.1, 0.15) is 6.54 Å². The van der Waals surface area contributed by atoms with Gasteiger partial charge in [-0.05, 0) is 25.0 Å². The average Bonchev–Trinajstić information content (AvgIpc) is 2.31. The molecule has 0 aromatic heterocycles. The van der Waals surface area contributed by atoms with E-state index in [0.717, 1.165) is 16.8 Å². The van der Waals surface area contributed by atoms with Crippen molar-refractivity contribution in [3.05, 3.63) is 29.3 Å². The molecule has 17 heavy (non-hydrogen) atoms. The molecule has 0 heterocycles. The van der Waals surface area contributed by atoms with E-state index in [1.807, 2.05) is 32.0 Å². The van der Waals surface area contributed by atoms with Gasteiger partial charge in [0.15, 0.2) is 0 Å². The second kappa shape index (κ2) is 5.89. The number of esters is 1. The summed E-state index contributed by atoms with van der Waals surface area (Å²) in [5.41, 5.74) is 2.70. The molecule has 0 saturated carbocycles. The molecule has 92 valence electrons. The van der Waals surface area contributed by atoms with E-state index in [1.54, 1.807) is 0 Å². The predicted molar refractivity (Wildman–Crippen MR) is 65.0 cm³/mol. The summed E-state index contributed by atoms with van der Waals surface area (Å²) in [4.78, 5) is 22.3. The quantitative estimate of drug-likeness (QED) is 0.783. The predicted octanol–water partition coefficient (Wildman–Crippen LogP) is 1.60. The number of carbonyl (C=O) groups is 2. The number of aryl methyl sites for hydroxylation is 2. The number of benzene rings is 1. The summed E-state index contributed by atoms with van der Waals surface area (Å²) in [6.07, 6.45) is 0. The molecule has 1 aromatic carbocycles. The van der Waals surface area contributed by atoms with E-state index in [1.165, 1.54) is 7.11 Å². The zero-order valence-electron chi connectivity index (χ0n) is 10.2. The Labute approximate surface area is 100 Å². The van der Waals surface area contributed by atoms with E-state index in [0.29, 0.717) is 0 Å². The molecule has 0 unspecified atom stereocenters. The van der Waals surface area contributed by atoms with Crippen molar-refractivity contribution in [3.8, 4) is 0 Å².